The van der Waals surface area contributed by atoms with Gasteiger partial charge in [-0.2, -0.15) is 0 Å². The summed E-state index contributed by atoms with van der Waals surface area (Å²) in [4.78, 5) is 27.3. The molecule has 7 heteroatoms. The standard InChI is InChI=1S/C27H37NO6/c1-17-15-18-9-12-22(31-3)24-23(18)27(20(17)10-11-21(29)25(27)34-24)13-14-28(2)16-32-26(30)33-19-7-5-4-6-8-19/h9,12,17,19-20,25H,4-8,10-11,13-16H2,1-3H3/t17?,20-,25-,27-/m0/s1. The zero-order chi connectivity index (χ0) is 23.9. The van der Waals surface area contributed by atoms with Crippen molar-refractivity contribution in [2.45, 2.75) is 82.3 Å². The van der Waals surface area contributed by atoms with Gasteiger partial charge in [-0.25, -0.2) is 4.79 Å². The van der Waals surface area contributed by atoms with E-state index in [2.05, 4.69) is 13.0 Å². The van der Waals surface area contributed by atoms with Gasteiger partial charge in [-0.15, -0.1) is 0 Å². The first kappa shape index (κ1) is 23.5. The third-order valence-corrected chi connectivity index (χ3v) is 8.61. The van der Waals surface area contributed by atoms with E-state index < -0.39 is 12.3 Å². The molecule has 4 atom stereocenters. The lowest BCUT2D eigenvalue weighted by molar-refractivity contribution is -0.135. The molecule has 0 saturated heterocycles. The van der Waals surface area contributed by atoms with Gasteiger partial charge in [-0.05, 0) is 75.5 Å². The Hall–Kier alpha value is -2.28. The SMILES string of the molecule is COc1ccc2c3c1O[C@H]1C(=O)CC[C@@H](C(C)C2)[C@@]31CCN(C)COC(=O)OC1CCCCC1. The number of hydrogen-bond donors (Lipinski definition) is 0. The van der Waals surface area contributed by atoms with E-state index in [0.717, 1.165) is 50.7 Å². The van der Waals surface area contributed by atoms with Crippen LogP contribution in [0.1, 0.15) is 69.4 Å². The van der Waals surface area contributed by atoms with Crippen molar-refractivity contribution in [3.63, 3.8) is 0 Å². The van der Waals surface area contributed by atoms with Crippen molar-refractivity contribution in [2.75, 3.05) is 27.4 Å². The molecule has 34 heavy (non-hydrogen) atoms. The van der Waals surface area contributed by atoms with E-state index in [9.17, 15) is 9.59 Å². The Morgan fingerprint density at radius 2 is 2.00 bits per heavy atom. The average molecular weight is 472 g/mol. The van der Waals surface area contributed by atoms with Crippen molar-refractivity contribution in [3.8, 4) is 11.5 Å². The molecule has 1 unspecified atom stereocenters. The molecule has 186 valence electrons. The van der Waals surface area contributed by atoms with E-state index in [1.807, 2.05) is 18.0 Å². The molecule has 0 bridgehead atoms. The minimum atomic E-state index is -0.586. The summed E-state index contributed by atoms with van der Waals surface area (Å²) in [5.41, 5.74) is 2.09. The molecule has 1 aromatic carbocycles. The number of carbonyl (C=O) groups excluding carboxylic acids is 2. The fraction of sp³-hybridized carbons (Fsp3) is 0.704. The van der Waals surface area contributed by atoms with Crippen LogP contribution in [0, 0.1) is 11.8 Å². The average Bonchev–Trinajstić information content (AvgIpc) is 3.20. The second-order valence-electron chi connectivity index (χ2n) is 10.7. The molecule has 0 radical (unpaired) electrons. The van der Waals surface area contributed by atoms with E-state index in [4.69, 9.17) is 18.9 Å². The largest absolute Gasteiger partial charge is 0.509 e. The number of ketones is 1. The van der Waals surface area contributed by atoms with Crippen LogP contribution >= 0.6 is 0 Å². The molecule has 0 amide bonds. The number of ether oxygens (including phenoxy) is 4. The Bertz CT molecular complexity index is 941. The van der Waals surface area contributed by atoms with E-state index in [0.29, 0.717) is 30.6 Å². The predicted octanol–water partition coefficient (Wildman–Crippen LogP) is 4.63. The minimum absolute atomic E-state index is 0.0138. The monoisotopic (exact) mass is 471 g/mol. The highest BCUT2D eigenvalue weighted by Crippen LogP contribution is 2.62. The van der Waals surface area contributed by atoms with Crippen LogP contribution in [0.2, 0.25) is 0 Å². The van der Waals surface area contributed by atoms with Crippen LogP contribution in [0.4, 0.5) is 4.79 Å². The normalized spacial score (nSPS) is 30.0. The van der Waals surface area contributed by atoms with Crippen LogP contribution < -0.4 is 9.47 Å². The predicted molar refractivity (Wildman–Crippen MR) is 126 cm³/mol. The maximum Gasteiger partial charge on any atom is 0.509 e. The van der Waals surface area contributed by atoms with Gasteiger partial charge in [0.2, 0.25) is 0 Å². The first-order valence-corrected chi connectivity index (χ1v) is 12.9. The Balaban J connectivity index is 1.31. The lowest BCUT2D eigenvalue weighted by Gasteiger charge is -2.50. The summed E-state index contributed by atoms with van der Waals surface area (Å²) in [7, 11) is 3.59. The molecule has 0 aromatic heterocycles. The third kappa shape index (κ3) is 3.96. The minimum Gasteiger partial charge on any atom is -0.493 e. The molecular weight excluding hydrogens is 434 g/mol. The van der Waals surface area contributed by atoms with Gasteiger partial charge in [-0.3, -0.25) is 9.69 Å². The second-order valence-corrected chi connectivity index (χ2v) is 10.7. The molecular formula is C27H37NO6. The highest BCUT2D eigenvalue weighted by Gasteiger charge is 2.62. The summed E-state index contributed by atoms with van der Waals surface area (Å²) in [6.07, 6.45) is 7.43. The van der Waals surface area contributed by atoms with Crippen LogP contribution in [0.15, 0.2) is 12.1 Å². The van der Waals surface area contributed by atoms with Gasteiger partial charge in [0.25, 0.3) is 0 Å². The Kier molecular flexibility index (Phi) is 6.49. The van der Waals surface area contributed by atoms with Gasteiger partial charge in [0.1, 0.15) is 12.8 Å². The summed E-state index contributed by atoms with van der Waals surface area (Å²) in [5, 5.41) is 0. The van der Waals surface area contributed by atoms with Crippen molar-refractivity contribution in [1.29, 1.82) is 0 Å². The van der Waals surface area contributed by atoms with Crippen molar-refractivity contribution in [3.05, 3.63) is 23.3 Å². The molecule has 0 spiro atoms. The van der Waals surface area contributed by atoms with E-state index in [1.165, 1.54) is 17.5 Å². The highest BCUT2D eigenvalue weighted by atomic mass is 16.7. The van der Waals surface area contributed by atoms with Crippen LogP contribution in [0.3, 0.4) is 0 Å². The van der Waals surface area contributed by atoms with Crippen molar-refractivity contribution in [1.82, 2.24) is 4.90 Å². The Morgan fingerprint density at radius 3 is 2.76 bits per heavy atom. The fourth-order valence-electron chi connectivity index (χ4n) is 7.02. The van der Waals surface area contributed by atoms with Crippen molar-refractivity contribution >= 4 is 11.9 Å². The zero-order valence-corrected chi connectivity index (χ0v) is 20.6. The molecule has 7 nitrogen and oxygen atoms in total. The van der Waals surface area contributed by atoms with Gasteiger partial charge in [0, 0.05) is 23.9 Å². The topological polar surface area (TPSA) is 74.3 Å². The summed E-state index contributed by atoms with van der Waals surface area (Å²) in [5.74, 6) is 2.49. The maximum absolute atomic E-state index is 13.1. The molecule has 3 aliphatic carbocycles. The van der Waals surface area contributed by atoms with Gasteiger partial charge >= 0.3 is 6.16 Å². The molecule has 0 N–H and O–H groups in total. The molecule has 1 aromatic rings. The fourth-order valence-corrected chi connectivity index (χ4v) is 7.02. The molecule has 5 rings (SSSR count). The summed E-state index contributed by atoms with van der Waals surface area (Å²) in [6.45, 7) is 3.15. The van der Waals surface area contributed by atoms with E-state index >= 15 is 0 Å². The number of Topliss-reactive ketones (excluding diaryl/α,β-unsaturated/α-hetero) is 1. The summed E-state index contributed by atoms with van der Waals surface area (Å²) >= 11 is 0. The molecule has 2 fully saturated rings. The number of rotatable bonds is 7. The van der Waals surface area contributed by atoms with Crippen LogP contribution in [-0.4, -0.2) is 56.5 Å². The summed E-state index contributed by atoms with van der Waals surface area (Å²) in [6, 6.07) is 4.11. The van der Waals surface area contributed by atoms with E-state index in [1.54, 1.807) is 7.11 Å². The number of hydrogen-bond acceptors (Lipinski definition) is 7. The van der Waals surface area contributed by atoms with Gasteiger partial charge < -0.3 is 18.9 Å². The number of nitrogens with zero attached hydrogens (tertiary/aromatic N) is 1. The quantitative estimate of drug-likeness (QED) is 0.424. The number of benzene rings is 1. The lowest BCUT2D eigenvalue weighted by Crippen LogP contribution is -2.57. The van der Waals surface area contributed by atoms with Crippen molar-refractivity contribution < 1.29 is 28.5 Å². The molecule has 1 aliphatic heterocycles. The van der Waals surface area contributed by atoms with Crippen molar-refractivity contribution in [2.24, 2.45) is 11.8 Å². The second kappa shape index (κ2) is 9.40. The number of methoxy groups -OCH3 is 1. The van der Waals surface area contributed by atoms with Gasteiger partial charge in [0.05, 0.1) is 7.11 Å². The highest BCUT2D eigenvalue weighted by molar-refractivity contribution is 5.89. The maximum atomic E-state index is 13.1. The Morgan fingerprint density at radius 1 is 1.21 bits per heavy atom. The van der Waals surface area contributed by atoms with Crippen LogP contribution in [-0.2, 0) is 26.1 Å². The van der Waals surface area contributed by atoms with E-state index in [-0.39, 0.29) is 24.0 Å². The van der Waals surface area contributed by atoms with Crippen LogP contribution in [0.25, 0.3) is 0 Å². The smallest absolute Gasteiger partial charge is 0.493 e. The molecule has 1 heterocycles. The third-order valence-electron chi connectivity index (χ3n) is 8.61. The first-order valence-electron chi connectivity index (χ1n) is 12.9. The Labute approximate surface area is 202 Å². The number of carbonyl (C=O) groups is 2. The molecule has 4 aliphatic rings. The first-order chi connectivity index (χ1) is 16.4. The zero-order valence-electron chi connectivity index (χ0n) is 20.6. The lowest BCUT2D eigenvalue weighted by atomic mass is 9.52. The van der Waals surface area contributed by atoms with Crippen LogP contribution in [0.5, 0.6) is 11.5 Å². The summed E-state index contributed by atoms with van der Waals surface area (Å²) < 4.78 is 22.9. The van der Waals surface area contributed by atoms with Gasteiger partial charge in [-0.1, -0.05) is 19.4 Å². The molecule has 2 saturated carbocycles. The van der Waals surface area contributed by atoms with Gasteiger partial charge in [0.15, 0.2) is 23.4 Å².